The van der Waals surface area contributed by atoms with Crippen LogP contribution in [0.5, 0.6) is 0 Å². The molecule has 0 spiro atoms. The van der Waals surface area contributed by atoms with Crippen LogP contribution in [-0.4, -0.2) is 158 Å². The molecule has 3 aromatic rings. The van der Waals surface area contributed by atoms with Crippen molar-refractivity contribution in [1.29, 1.82) is 0 Å². The summed E-state index contributed by atoms with van der Waals surface area (Å²) in [7, 11) is 0. The van der Waals surface area contributed by atoms with Crippen LogP contribution in [0.3, 0.4) is 0 Å². The van der Waals surface area contributed by atoms with Crippen LogP contribution in [0.15, 0.2) is 60.8 Å². The predicted molar refractivity (Wildman–Crippen MR) is 274 cm³/mol. The molecule has 71 heavy (non-hydrogen) atoms. The summed E-state index contributed by atoms with van der Waals surface area (Å²) >= 11 is 2.56. The lowest BCUT2D eigenvalue weighted by Crippen LogP contribution is -2.44. The SMILES string of the molecule is C[C@H](CSCC(=O)N(CCCN)[C@@H](c1cc(-c2cc(F)ccc2F)cn1Cc1ccccc1)C(C)(C)C)NC(=O)CCOCCOCCOCCOCCNC(=O)CNC(=O)[C@H](CC(=O)O)SC[C@@H](C)N. The molecule has 0 aliphatic carbocycles. The molecule has 3 rings (SSSR count). The molecule has 396 valence electrons. The molecule has 4 amide bonds. The number of ether oxygens (including phenoxy) is 4. The summed E-state index contributed by atoms with van der Waals surface area (Å²) in [6.45, 7) is 13.3. The number of rotatable bonds is 36. The van der Waals surface area contributed by atoms with Gasteiger partial charge in [0.15, 0.2) is 0 Å². The second-order valence-corrected chi connectivity index (χ2v) is 20.3. The van der Waals surface area contributed by atoms with Gasteiger partial charge in [-0.05, 0) is 62.1 Å². The van der Waals surface area contributed by atoms with Crippen LogP contribution in [0.1, 0.15) is 71.2 Å². The number of carboxylic acid groups (broad SMARTS) is 1. The number of benzene rings is 2. The van der Waals surface area contributed by atoms with Gasteiger partial charge in [0.2, 0.25) is 23.6 Å². The molecule has 0 bridgehead atoms. The van der Waals surface area contributed by atoms with Gasteiger partial charge in [0.1, 0.15) is 11.6 Å². The molecule has 0 saturated carbocycles. The highest BCUT2D eigenvalue weighted by molar-refractivity contribution is 8.00. The lowest BCUT2D eigenvalue weighted by molar-refractivity contribution is -0.138. The second kappa shape index (κ2) is 33.2. The van der Waals surface area contributed by atoms with Crippen LogP contribution < -0.4 is 27.4 Å². The van der Waals surface area contributed by atoms with E-state index in [1.54, 1.807) is 6.92 Å². The standard InChI is InChI=1S/C50H75F2N7O10S2/c1-35(54)32-71-43(28-47(63)64)49(65)56-29-45(61)55-16-19-67-21-23-69-25-24-68-22-20-66-18-14-44(60)57-36(2)33-70-34-46(62)59(17-9-15-53)48(50(3,4)5)42-26-38(40-27-39(51)12-13-41(40)52)31-58(42)30-37-10-7-6-8-11-37/h6-8,10-13,26-27,31,35-36,43,48H,9,14-25,28-30,32-34,53-54H2,1-5H3,(H,55,61)(H,56,65)(H,57,60)(H,63,64)/t35-,36-,43+,48+/m1/s1. The topological polar surface area (TPSA) is 239 Å². The average Bonchev–Trinajstić information content (AvgIpc) is 3.71. The first-order valence-electron chi connectivity index (χ1n) is 23.9. The van der Waals surface area contributed by atoms with Crippen LogP contribution in [0.4, 0.5) is 8.78 Å². The highest BCUT2D eigenvalue weighted by atomic mass is 32.2. The van der Waals surface area contributed by atoms with E-state index in [1.807, 2.05) is 59.0 Å². The van der Waals surface area contributed by atoms with E-state index in [0.717, 1.165) is 35.2 Å². The minimum atomic E-state index is -1.12. The average molecular weight is 1040 g/mol. The predicted octanol–water partition coefficient (Wildman–Crippen LogP) is 4.60. The van der Waals surface area contributed by atoms with Crippen molar-refractivity contribution in [2.45, 2.75) is 83.8 Å². The number of carbonyl (C=O) groups is 5. The van der Waals surface area contributed by atoms with Gasteiger partial charge in [-0.25, -0.2) is 8.78 Å². The van der Waals surface area contributed by atoms with Gasteiger partial charge in [-0.3, -0.25) is 24.0 Å². The molecule has 21 heteroatoms. The Labute approximate surface area is 425 Å². The third-order valence-electron chi connectivity index (χ3n) is 10.5. The van der Waals surface area contributed by atoms with Gasteiger partial charge in [-0.1, -0.05) is 51.1 Å². The van der Waals surface area contributed by atoms with Crippen LogP contribution in [0.2, 0.25) is 0 Å². The number of nitrogens with zero attached hydrogens (tertiary/aromatic N) is 2. The number of aliphatic carboxylic acids is 1. The van der Waals surface area contributed by atoms with Crippen molar-refractivity contribution in [3.63, 3.8) is 0 Å². The minimum absolute atomic E-state index is 0.0950. The number of hydrogen-bond donors (Lipinski definition) is 6. The molecule has 1 aromatic heterocycles. The van der Waals surface area contributed by atoms with Crippen molar-refractivity contribution in [3.05, 3.63) is 83.7 Å². The molecule has 0 aliphatic rings. The number of thioether (sulfide) groups is 2. The van der Waals surface area contributed by atoms with Crippen molar-refractivity contribution >= 4 is 53.1 Å². The van der Waals surface area contributed by atoms with E-state index < -0.39 is 46.1 Å². The van der Waals surface area contributed by atoms with E-state index in [0.29, 0.717) is 82.8 Å². The summed E-state index contributed by atoms with van der Waals surface area (Å²) in [5.74, 6) is -2.38. The number of aromatic nitrogens is 1. The summed E-state index contributed by atoms with van der Waals surface area (Å²) in [6.07, 6.45) is 2.18. The number of carbonyl (C=O) groups excluding carboxylic acids is 4. The van der Waals surface area contributed by atoms with E-state index in [9.17, 15) is 28.4 Å². The molecular weight excluding hydrogens is 961 g/mol. The molecular formula is C50H75F2N7O10S2. The molecule has 17 nitrogen and oxygen atoms in total. The van der Waals surface area contributed by atoms with Crippen molar-refractivity contribution in [2.24, 2.45) is 16.9 Å². The fourth-order valence-electron chi connectivity index (χ4n) is 7.25. The Bertz CT molecular complexity index is 2080. The summed E-state index contributed by atoms with van der Waals surface area (Å²) in [6, 6.07) is 14.2. The third-order valence-corrected chi connectivity index (χ3v) is 13.2. The summed E-state index contributed by atoms with van der Waals surface area (Å²) in [4.78, 5) is 64.2. The van der Waals surface area contributed by atoms with Crippen molar-refractivity contribution in [1.82, 2.24) is 25.4 Å². The van der Waals surface area contributed by atoms with Gasteiger partial charge in [-0.15, -0.1) is 23.5 Å². The Hall–Kier alpha value is -4.61. The number of nitrogens with two attached hydrogens (primary N) is 2. The lowest BCUT2D eigenvalue weighted by atomic mass is 9.83. The zero-order valence-corrected chi connectivity index (χ0v) is 43.4. The van der Waals surface area contributed by atoms with Crippen molar-refractivity contribution in [3.8, 4) is 11.1 Å². The van der Waals surface area contributed by atoms with Crippen LogP contribution in [-0.2, 0) is 49.5 Å². The number of carboxylic acids is 1. The first-order chi connectivity index (χ1) is 33.9. The normalized spacial score (nSPS) is 13.3. The highest BCUT2D eigenvalue weighted by Gasteiger charge is 2.37. The maximum absolute atomic E-state index is 15.1. The Morgan fingerprint density at radius 1 is 0.845 bits per heavy atom. The number of hydrogen-bond acceptors (Lipinski definition) is 13. The first-order valence-corrected chi connectivity index (χ1v) is 26.1. The monoisotopic (exact) mass is 1040 g/mol. The van der Waals surface area contributed by atoms with Gasteiger partial charge in [-0.2, -0.15) is 0 Å². The second-order valence-electron chi connectivity index (χ2n) is 18.0. The largest absolute Gasteiger partial charge is 0.481 e. The van der Waals surface area contributed by atoms with Gasteiger partial charge >= 0.3 is 5.97 Å². The molecule has 4 atom stereocenters. The summed E-state index contributed by atoms with van der Waals surface area (Å²) in [5, 5.41) is 16.3. The van der Waals surface area contributed by atoms with Gasteiger partial charge in [0, 0.05) is 72.7 Å². The maximum Gasteiger partial charge on any atom is 0.305 e. The van der Waals surface area contributed by atoms with Crippen LogP contribution in [0, 0.1) is 17.0 Å². The highest BCUT2D eigenvalue weighted by Crippen LogP contribution is 2.41. The van der Waals surface area contributed by atoms with Gasteiger partial charge < -0.3 is 60.9 Å². The Balaban J connectivity index is 1.32. The summed E-state index contributed by atoms with van der Waals surface area (Å²) < 4.78 is 53.6. The zero-order chi connectivity index (χ0) is 52.2. The fourth-order valence-corrected chi connectivity index (χ4v) is 9.18. The molecule has 2 aromatic carbocycles. The molecule has 0 radical (unpaired) electrons. The number of nitrogens with one attached hydrogen (secondary N) is 3. The molecule has 0 fully saturated rings. The van der Waals surface area contributed by atoms with Gasteiger partial charge in [0.25, 0.3) is 0 Å². The minimum Gasteiger partial charge on any atom is -0.481 e. The zero-order valence-electron chi connectivity index (χ0n) is 41.8. The van der Waals surface area contributed by atoms with E-state index in [-0.39, 0.29) is 74.4 Å². The fraction of sp³-hybridized carbons (Fsp3) is 0.580. The third kappa shape index (κ3) is 24.1. The number of amides is 4. The van der Waals surface area contributed by atoms with E-state index in [2.05, 4.69) is 36.7 Å². The Morgan fingerprint density at radius 3 is 2.11 bits per heavy atom. The van der Waals surface area contributed by atoms with E-state index in [4.69, 9.17) is 35.5 Å². The molecule has 0 unspecified atom stereocenters. The quantitative estimate of drug-likeness (QED) is 0.0437. The lowest BCUT2D eigenvalue weighted by Gasteiger charge is -2.41. The molecule has 0 saturated heterocycles. The maximum atomic E-state index is 15.1. The molecule has 1 heterocycles. The first kappa shape index (κ1) is 60.7. The summed E-state index contributed by atoms with van der Waals surface area (Å²) in [5.41, 5.74) is 13.7. The molecule has 0 aliphatic heterocycles. The van der Waals surface area contributed by atoms with Crippen molar-refractivity contribution < 1.29 is 56.8 Å². The smallest absolute Gasteiger partial charge is 0.305 e. The van der Waals surface area contributed by atoms with Gasteiger partial charge in [0.05, 0.1) is 82.9 Å². The van der Waals surface area contributed by atoms with E-state index in [1.165, 1.54) is 17.8 Å². The molecule has 8 N–H and O–H groups in total. The number of halogens is 2. The van der Waals surface area contributed by atoms with Crippen LogP contribution >= 0.6 is 23.5 Å². The van der Waals surface area contributed by atoms with Crippen LogP contribution in [0.25, 0.3) is 11.1 Å². The van der Waals surface area contributed by atoms with E-state index >= 15 is 4.39 Å². The Kier molecular flexibility index (Phi) is 28.4. The van der Waals surface area contributed by atoms with Crippen molar-refractivity contribution in [2.75, 3.05) is 96.3 Å². The Morgan fingerprint density at radius 2 is 1.49 bits per heavy atom.